The van der Waals surface area contributed by atoms with Gasteiger partial charge in [0, 0.05) is 61.0 Å². The number of nitrogens with two attached hydrogens (primary N) is 4. The van der Waals surface area contributed by atoms with Gasteiger partial charge in [0.2, 0.25) is 59.1 Å². The third-order valence-electron chi connectivity index (χ3n) is 16.0. The van der Waals surface area contributed by atoms with Crippen molar-refractivity contribution in [3.63, 3.8) is 0 Å². The van der Waals surface area contributed by atoms with E-state index in [4.69, 9.17) is 22.9 Å². The van der Waals surface area contributed by atoms with E-state index in [0.29, 0.717) is 36.1 Å². The number of fused-ring (bicyclic) bond motifs is 1. The van der Waals surface area contributed by atoms with Gasteiger partial charge in [0.25, 0.3) is 0 Å². The number of aromatic amines is 1. The number of aliphatic hydroxyl groups is 1. The zero-order chi connectivity index (χ0) is 72.8. The lowest BCUT2D eigenvalue weighted by atomic mass is 10.0. The fourth-order valence-electron chi connectivity index (χ4n) is 10.7. The number of carbonyl (C=O) groups is 12. The zero-order valence-electron chi connectivity index (χ0n) is 55.3. The summed E-state index contributed by atoms with van der Waals surface area (Å²) in [7, 11) is 0. The van der Waals surface area contributed by atoms with Crippen LogP contribution in [0.4, 0.5) is 0 Å². The van der Waals surface area contributed by atoms with E-state index in [1.807, 2.05) is 24.3 Å². The number of aliphatic imine (C=N–C) groups is 1. The number of carboxylic acids is 2. The number of aliphatic carboxylic acids is 2. The molecule has 98 heavy (non-hydrogen) atoms. The van der Waals surface area contributed by atoms with E-state index in [9.17, 15) is 78.0 Å². The molecular formula is C63H96N16O16S3. The first-order chi connectivity index (χ1) is 46.5. The maximum atomic E-state index is 14.7. The lowest BCUT2D eigenvalue weighted by molar-refractivity contribution is -0.142. The van der Waals surface area contributed by atoms with Gasteiger partial charge in [0.1, 0.15) is 66.2 Å². The molecule has 35 heteroatoms. The molecule has 10 amide bonds. The molecule has 2 heterocycles. The Morgan fingerprint density at radius 2 is 1.21 bits per heavy atom. The van der Waals surface area contributed by atoms with Gasteiger partial charge in [0.05, 0.1) is 12.1 Å². The summed E-state index contributed by atoms with van der Waals surface area (Å²) in [6.45, 7) is 5.01. The minimum absolute atomic E-state index is 0.0271. The molecular weight excluding hydrogens is 1330 g/mol. The fraction of sp³-hybridized carbons (Fsp3) is 0.571. The van der Waals surface area contributed by atoms with Gasteiger partial charge in [-0.3, -0.25) is 57.7 Å². The number of likely N-dealkylation sites (tertiary alicyclic amines) is 1. The van der Waals surface area contributed by atoms with E-state index in [2.05, 4.69) is 83.1 Å². The summed E-state index contributed by atoms with van der Waals surface area (Å²) in [4.78, 5) is 174. The van der Waals surface area contributed by atoms with Crippen LogP contribution in [0, 0.1) is 5.92 Å². The Bertz CT molecular complexity index is 3230. The van der Waals surface area contributed by atoms with Gasteiger partial charge in [-0.2, -0.15) is 37.0 Å². The van der Waals surface area contributed by atoms with Crippen LogP contribution in [-0.4, -0.2) is 223 Å². The standard InChI is InChI=1S/C63H96N16O16S3/c1-33(2)27-44(55(87)70-42(20-21-50(82)83)54(86)76-47(31-96)58(90)72-43(62(94)95)22-26-98-4)75-60(92)51(34(3)80)78-57(89)45(28-35-16-18-37(81)19-17-35)74-53(85)41(14-7-8-23-64)71-59(91)49-15-10-25-79(49)61(93)48(32-97)77-56(88)46(29-36-30-69-40-13-6-5-11-38(36)40)73-52(84)39(65)12-9-24-68-63(66)67/h5-6,11,13,16-19,30,33-34,39,41-49,51,69,80-81,96-97H,7-10,12,14-15,20-29,31-32,64-65H2,1-4H3,(H,70,87)(H,71,91)(H,72,90)(H,73,84)(H,74,85)(H,75,92)(H,76,86)(H,77,88)(H,78,89)(H,82,83)(H,94,95)(H4,66,67,68)/t34-,39+,41+,42+,43+,44+,45+,46+,47+,48+,49+,51+/m1/s1. The number of thiol groups is 2. The molecule has 22 N–H and O–H groups in total. The molecule has 1 saturated heterocycles. The number of carboxylic acid groups (broad SMARTS) is 2. The van der Waals surface area contributed by atoms with Crippen molar-refractivity contribution in [3.8, 4) is 5.75 Å². The van der Waals surface area contributed by atoms with Crippen molar-refractivity contribution in [2.75, 3.05) is 43.1 Å². The maximum Gasteiger partial charge on any atom is 0.326 e. The summed E-state index contributed by atoms with van der Waals surface area (Å²) >= 11 is 9.90. The molecule has 0 unspecified atom stereocenters. The number of carbonyl (C=O) groups excluding carboxylic acids is 10. The van der Waals surface area contributed by atoms with Gasteiger partial charge in [-0.1, -0.05) is 44.2 Å². The lowest BCUT2D eigenvalue weighted by Crippen LogP contribution is -2.62. The first-order valence-electron chi connectivity index (χ1n) is 32.2. The average molecular weight is 1430 g/mol. The van der Waals surface area contributed by atoms with Gasteiger partial charge in [-0.05, 0) is 125 Å². The van der Waals surface area contributed by atoms with Crippen molar-refractivity contribution in [2.24, 2.45) is 33.8 Å². The largest absolute Gasteiger partial charge is 0.508 e. The highest BCUT2D eigenvalue weighted by Gasteiger charge is 2.41. The van der Waals surface area contributed by atoms with E-state index < -0.39 is 156 Å². The minimum atomic E-state index is -1.85. The molecule has 0 aliphatic carbocycles. The molecule has 542 valence electrons. The number of H-pyrrole nitrogens is 1. The van der Waals surface area contributed by atoms with Crippen molar-refractivity contribution >= 4 is 125 Å². The second-order valence-electron chi connectivity index (χ2n) is 24.2. The number of unbranched alkanes of at least 4 members (excludes halogenated alkanes) is 1. The molecule has 0 radical (unpaired) electrons. The molecule has 32 nitrogen and oxygen atoms in total. The first-order valence-corrected chi connectivity index (χ1v) is 34.9. The Balaban J connectivity index is 1.57. The molecule has 1 aromatic heterocycles. The van der Waals surface area contributed by atoms with Crippen LogP contribution in [0.15, 0.2) is 59.7 Å². The van der Waals surface area contributed by atoms with E-state index in [-0.39, 0.29) is 100 Å². The van der Waals surface area contributed by atoms with E-state index in [0.717, 1.165) is 17.8 Å². The molecule has 0 bridgehead atoms. The SMILES string of the molecule is CSCC[C@H](NC(=O)[C@H](CS)NC(=O)[C@H](CCC(=O)O)NC(=O)[C@H](CC(C)C)NC(=O)[C@@H](NC(=O)[C@H](Cc1ccc(O)cc1)NC(=O)[C@H](CCCCN)NC(=O)[C@@H]1CCCN1C(=O)[C@H](CS)NC(=O)[C@H](Cc1c[nH]c2ccccc12)NC(=O)[C@@H](N)CCCN=C(N)N)[C@@H](C)O)C(=O)O. The lowest BCUT2D eigenvalue weighted by Gasteiger charge is -2.31. The second-order valence-corrected chi connectivity index (χ2v) is 25.9. The summed E-state index contributed by atoms with van der Waals surface area (Å²) in [5.41, 5.74) is 24.8. The number of para-hydroxylation sites is 1. The van der Waals surface area contributed by atoms with Crippen molar-refractivity contribution < 1.29 is 78.0 Å². The summed E-state index contributed by atoms with van der Waals surface area (Å²) in [6, 6.07) is -2.72. The predicted octanol–water partition coefficient (Wildman–Crippen LogP) is -2.49. The Kier molecular flexibility index (Phi) is 35.0. The molecule has 1 aliphatic heterocycles. The van der Waals surface area contributed by atoms with Gasteiger partial charge in [-0.15, -0.1) is 0 Å². The van der Waals surface area contributed by atoms with Crippen LogP contribution in [0.25, 0.3) is 10.9 Å². The topological polar surface area (TPSA) is 529 Å². The van der Waals surface area contributed by atoms with Crippen molar-refractivity contribution in [2.45, 2.75) is 177 Å². The number of benzene rings is 2. The summed E-state index contributed by atoms with van der Waals surface area (Å²) in [5, 5.41) is 64.2. The summed E-state index contributed by atoms with van der Waals surface area (Å²) < 4.78 is 0. The zero-order valence-corrected chi connectivity index (χ0v) is 57.9. The number of hydrogen-bond donors (Lipinski definition) is 20. The van der Waals surface area contributed by atoms with Crippen molar-refractivity contribution in [3.05, 3.63) is 65.9 Å². The first kappa shape index (κ1) is 82.0. The van der Waals surface area contributed by atoms with Gasteiger partial charge in [0.15, 0.2) is 5.96 Å². The second kappa shape index (κ2) is 41.8. The number of phenols is 1. The number of thioether (sulfide) groups is 1. The molecule has 3 aromatic rings. The number of aromatic nitrogens is 1. The molecule has 1 fully saturated rings. The third kappa shape index (κ3) is 26.8. The Morgan fingerprint density at radius 3 is 1.83 bits per heavy atom. The molecule has 0 spiro atoms. The Morgan fingerprint density at radius 1 is 0.653 bits per heavy atom. The van der Waals surface area contributed by atoms with Crippen molar-refractivity contribution in [1.82, 2.24) is 57.7 Å². The van der Waals surface area contributed by atoms with Gasteiger partial charge >= 0.3 is 11.9 Å². The highest BCUT2D eigenvalue weighted by molar-refractivity contribution is 7.98. The van der Waals surface area contributed by atoms with Crippen LogP contribution in [0.2, 0.25) is 0 Å². The van der Waals surface area contributed by atoms with Crippen LogP contribution in [0.3, 0.4) is 0 Å². The van der Waals surface area contributed by atoms with Crippen LogP contribution in [0.1, 0.15) is 103 Å². The molecule has 0 saturated carbocycles. The maximum absolute atomic E-state index is 14.7. The van der Waals surface area contributed by atoms with Crippen LogP contribution in [-0.2, 0) is 70.4 Å². The van der Waals surface area contributed by atoms with Crippen LogP contribution in [0.5, 0.6) is 5.75 Å². The number of nitrogens with one attached hydrogen (secondary N) is 10. The molecule has 12 atom stereocenters. The molecule has 1 aliphatic rings. The van der Waals surface area contributed by atoms with E-state index >= 15 is 0 Å². The highest BCUT2D eigenvalue weighted by Crippen LogP contribution is 2.23. The quantitative estimate of drug-likeness (QED) is 0.0121. The smallest absolute Gasteiger partial charge is 0.326 e. The molecule has 4 rings (SSSR count). The summed E-state index contributed by atoms with van der Waals surface area (Å²) in [5.74, 6) is -12.4. The fourth-order valence-corrected chi connectivity index (χ4v) is 11.6. The predicted molar refractivity (Wildman–Crippen MR) is 373 cm³/mol. The highest BCUT2D eigenvalue weighted by atomic mass is 32.2. The Labute approximate surface area is 583 Å². The molecule has 2 aromatic carbocycles. The van der Waals surface area contributed by atoms with Gasteiger partial charge < -0.3 is 101 Å². The van der Waals surface area contributed by atoms with E-state index in [1.165, 1.54) is 40.9 Å². The number of hydrogen-bond acceptors (Lipinski definition) is 20. The number of phenolic OH excluding ortho intramolecular Hbond substituents is 1. The van der Waals surface area contributed by atoms with Gasteiger partial charge in [-0.25, -0.2) is 4.79 Å². The number of guanidine groups is 1. The Hall–Kier alpha value is -8.38. The average Bonchev–Trinajstić information content (AvgIpc) is 1.69. The number of nitrogens with zero attached hydrogens (tertiary/aromatic N) is 2. The van der Waals surface area contributed by atoms with Crippen LogP contribution >= 0.6 is 37.0 Å². The normalized spacial score (nSPS) is 16.2. The number of aromatic hydroxyl groups is 1. The summed E-state index contributed by atoms with van der Waals surface area (Å²) in [6.07, 6.45) is 1.80. The third-order valence-corrected chi connectivity index (χ3v) is 17.4. The van der Waals surface area contributed by atoms with Crippen LogP contribution < -0.4 is 70.8 Å². The number of aliphatic hydroxyl groups excluding tert-OH is 1. The number of amides is 10. The van der Waals surface area contributed by atoms with Crippen molar-refractivity contribution in [1.29, 1.82) is 0 Å². The van der Waals surface area contributed by atoms with E-state index in [1.54, 1.807) is 26.3 Å². The number of rotatable bonds is 43. The minimum Gasteiger partial charge on any atom is -0.508 e. The monoisotopic (exact) mass is 1430 g/mol.